The Morgan fingerprint density at radius 2 is 2.26 bits per heavy atom. The van der Waals surface area contributed by atoms with Gasteiger partial charge in [-0.1, -0.05) is 30.7 Å². The second kappa shape index (κ2) is 8.13. The molecule has 0 saturated heterocycles. The summed E-state index contributed by atoms with van der Waals surface area (Å²) in [5.74, 6) is 0.107. The SMILES string of the molecule is Cc1nn(Cc2cccc(Cl)c2)cc1C(=O)NCC(C)CCO. The van der Waals surface area contributed by atoms with Crippen LogP contribution in [0.3, 0.4) is 0 Å². The Balaban J connectivity index is 2.01. The first-order valence-corrected chi connectivity index (χ1v) is 8.05. The molecule has 0 bridgehead atoms. The van der Waals surface area contributed by atoms with Crippen molar-refractivity contribution in [3.63, 3.8) is 0 Å². The summed E-state index contributed by atoms with van der Waals surface area (Å²) in [5.41, 5.74) is 2.30. The molecule has 2 rings (SSSR count). The maximum Gasteiger partial charge on any atom is 0.254 e. The Hall–Kier alpha value is -1.85. The quantitative estimate of drug-likeness (QED) is 0.817. The summed E-state index contributed by atoms with van der Waals surface area (Å²) < 4.78 is 1.74. The molecule has 124 valence electrons. The van der Waals surface area contributed by atoms with Crippen LogP contribution in [0.4, 0.5) is 0 Å². The summed E-state index contributed by atoms with van der Waals surface area (Å²) in [6.45, 7) is 5.05. The topological polar surface area (TPSA) is 67.2 Å². The van der Waals surface area contributed by atoms with Crippen LogP contribution in [0, 0.1) is 12.8 Å². The Bertz CT molecular complexity index is 670. The Morgan fingerprint density at radius 3 is 2.96 bits per heavy atom. The molecule has 0 spiro atoms. The predicted molar refractivity (Wildman–Crippen MR) is 90.7 cm³/mol. The minimum Gasteiger partial charge on any atom is -0.396 e. The molecule has 23 heavy (non-hydrogen) atoms. The van der Waals surface area contributed by atoms with Crippen LogP contribution in [-0.4, -0.2) is 33.9 Å². The number of aliphatic hydroxyl groups excluding tert-OH is 1. The molecule has 1 unspecified atom stereocenters. The summed E-state index contributed by atoms with van der Waals surface area (Å²) in [7, 11) is 0. The van der Waals surface area contributed by atoms with E-state index in [-0.39, 0.29) is 18.4 Å². The summed E-state index contributed by atoms with van der Waals surface area (Å²) in [6.07, 6.45) is 2.43. The molecule has 0 radical (unpaired) electrons. The number of nitrogens with zero attached hydrogens (tertiary/aromatic N) is 2. The molecule has 0 saturated carbocycles. The molecule has 2 N–H and O–H groups in total. The number of aryl methyl sites for hydroxylation is 1. The Labute approximate surface area is 141 Å². The van der Waals surface area contributed by atoms with E-state index in [9.17, 15) is 4.79 Å². The fraction of sp³-hybridized carbons (Fsp3) is 0.412. The summed E-state index contributed by atoms with van der Waals surface area (Å²) in [6, 6.07) is 7.57. The Morgan fingerprint density at radius 1 is 1.48 bits per heavy atom. The van der Waals surface area contributed by atoms with Crippen LogP contribution in [-0.2, 0) is 6.54 Å². The van der Waals surface area contributed by atoms with Crippen molar-refractivity contribution in [1.82, 2.24) is 15.1 Å². The van der Waals surface area contributed by atoms with Crippen molar-refractivity contribution >= 4 is 17.5 Å². The van der Waals surface area contributed by atoms with E-state index in [1.54, 1.807) is 10.9 Å². The third-order valence-electron chi connectivity index (χ3n) is 3.66. The average Bonchev–Trinajstić information content (AvgIpc) is 2.86. The zero-order chi connectivity index (χ0) is 16.8. The van der Waals surface area contributed by atoms with Gasteiger partial charge in [0.25, 0.3) is 5.91 Å². The lowest BCUT2D eigenvalue weighted by molar-refractivity contribution is 0.0944. The van der Waals surface area contributed by atoms with Crippen LogP contribution in [0.5, 0.6) is 0 Å². The largest absolute Gasteiger partial charge is 0.396 e. The third-order valence-corrected chi connectivity index (χ3v) is 3.89. The number of aromatic nitrogens is 2. The lowest BCUT2D eigenvalue weighted by atomic mass is 10.1. The van der Waals surface area contributed by atoms with Gasteiger partial charge in [-0.3, -0.25) is 9.48 Å². The summed E-state index contributed by atoms with van der Waals surface area (Å²) >= 11 is 5.98. The van der Waals surface area contributed by atoms with Gasteiger partial charge in [0.05, 0.1) is 17.8 Å². The van der Waals surface area contributed by atoms with E-state index in [0.29, 0.717) is 35.8 Å². The third kappa shape index (κ3) is 5.08. The number of carbonyl (C=O) groups is 1. The lowest BCUT2D eigenvalue weighted by Crippen LogP contribution is -2.28. The molecule has 1 atom stereocenters. The molecule has 0 aliphatic rings. The van der Waals surface area contributed by atoms with Crippen LogP contribution in [0.1, 0.15) is 35.0 Å². The fourth-order valence-corrected chi connectivity index (χ4v) is 2.54. The van der Waals surface area contributed by atoms with Crippen LogP contribution in [0.25, 0.3) is 0 Å². The zero-order valence-electron chi connectivity index (χ0n) is 13.4. The second-order valence-corrected chi connectivity index (χ2v) is 6.22. The van der Waals surface area contributed by atoms with E-state index in [4.69, 9.17) is 16.7 Å². The predicted octanol–water partition coefficient (Wildman–Crippen LogP) is 2.64. The van der Waals surface area contributed by atoms with Gasteiger partial charge in [-0.15, -0.1) is 0 Å². The molecule has 1 heterocycles. The number of benzene rings is 1. The van der Waals surface area contributed by atoms with Crippen LogP contribution in [0.2, 0.25) is 5.02 Å². The van der Waals surface area contributed by atoms with Gasteiger partial charge < -0.3 is 10.4 Å². The van der Waals surface area contributed by atoms with Crippen molar-refractivity contribution < 1.29 is 9.90 Å². The van der Waals surface area contributed by atoms with E-state index in [0.717, 1.165) is 5.56 Å². The molecule has 1 amide bonds. The number of hydrogen-bond acceptors (Lipinski definition) is 3. The molecule has 6 heteroatoms. The highest BCUT2D eigenvalue weighted by Crippen LogP contribution is 2.13. The zero-order valence-corrected chi connectivity index (χ0v) is 14.2. The molecule has 0 aliphatic heterocycles. The van der Waals surface area contributed by atoms with E-state index in [2.05, 4.69) is 10.4 Å². The molecule has 2 aromatic rings. The number of rotatable bonds is 7. The second-order valence-electron chi connectivity index (χ2n) is 5.78. The molecule has 5 nitrogen and oxygen atoms in total. The van der Waals surface area contributed by atoms with Crippen LogP contribution < -0.4 is 5.32 Å². The van der Waals surface area contributed by atoms with E-state index >= 15 is 0 Å². The maximum absolute atomic E-state index is 12.2. The van der Waals surface area contributed by atoms with Gasteiger partial charge >= 0.3 is 0 Å². The number of hydrogen-bond donors (Lipinski definition) is 2. The highest BCUT2D eigenvalue weighted by Gasteiger charge is 2.14. The van der Waals surface area contributed by atoms with Gasteiger partial charge in [0, 0.05) is 24.4 Å². The molecule has 1 aromatic heterocycles. The highest BCUT2D eigenvalue weighted by atomic mass is 35.5. The lowest BCUT2D eigenvalue weighted by Gasteiger charge is -2.10. The van der Waals surface area contributed by atoms with E-state index < -0.39 is 0 Å². The van der Waals surface area contributed by atoms with Crippen LogP contribution in [0.15, 0.2) is 30.5 Å². The van der Waals surface area contributed by atoms with Gasteiger partial charge in [-0.25, -0.2) is 0 Å². The molecule has 0 aliphatic carbocycles. The standard InChI is InChI=1S/C17H22ClN3O2/c1-12(6-7-22)9-19-17(23)16-11-21(20-13(16)2)10-14-4-3-5-15(18)8-14/h3-5,8,11-12,22H,6-7,9-10H2,1-2H3,(H,19,23). The first-order chi connectivity index (χ1) is 11.0. The average molecular weight is 336 g/mol. The first kappa shape index (κ1) is 17.5. The van der Waals surface area contributed by atoms with Crippen molar-refractivity contribution in [1.29, 1.82) is 0 Å². The number of aliphatic hydroxyl groups is 1. The minimum atomic E-state index is -0.135. The van der Waals surface area contributed by atoms with Gasteiger partial charge in [-0.2, -0.15) is 5.10 Å². The number of nitrogens with one attached hydrogen (secondary N) is 1. The fourth-order valence-electron chi connectivity index (χ4n) is 2.33. The van der Waals surface area contributed by atoms with Gasteiger partial charge in [0.1, 0.15) is 0 Å². The number of amides is 1. The molecule has 0 fully saturated rings. The van der Waals surface area contributed by atoms with E-state index in [1.165, 1.54) is 0 Å². The van der Waals surface area contributed by atoms with Crippen molar-refractivity contribution in [3.8, 4) is 0 Å². The van der Waals surface area contributed by atoms with Crippen molar-refractivity contribution in [2.75, 3.05) is 13.2 Å². The number of halogens is 1. The summed E-state index contributed by atoms with van der Waals surface area (Å²) in [5, 5.41) is 16.9. The monoisotopic (exact) mass is 335 g/mol. The Kier molecular flexibility index (Phi) is 6.19. The number of carbonyl (C=O) groups excluding carboxylic acids is 1. The van der Waals surface area contributed by atoms with Gasteiger partial charge in [-0.05, 0) is 37.0 Å². The highest BCUT2D eigenvalue weighted by molar-refractivity contribution is 6.30. The van der Waals surface area contributed by atoms with Gasteiger partial charge in [0.15, 0.2) is 0 Å². The van der Waals surface area contributed by atoms with Crippen molar-refractivity contribution in [3.05, 3.63) is 52.3 Å². The molecular weight excluding hydrogens is 314 g/mol. The smallest absolute Gasteiger partial charge is 0.254 e. The maximum atomic E-state index is 12.2. The van der Waals surface area contributed by atoms with Crippen LogP contribution >= 0.6 is 11.6 Å². The first-order valence-electron chi connectivity index (χ1n) is 7.67. The summed E-state index contributed by atoms with van der Waals surface area (Å²) in [4.78, 5) is 12.2. The van der Waals surface area contributed by atoms with Crippen molar-refractivity contribution in [2.24, 2.45) is 5.92 Å². The van der Waals surface area contributed by atoms with E-state index in [1.807, 2.05) is 38.1 Å². The molecule has 1 aromatic carbocycles. The van der Waals surface area contributed by atoms with Crippen molar-refractivity contribution in [2.45, 2.75) is 26.8 Å². The normalized spacial score (nSPS) is 12.2. The van der Waals surface area contributed by atoms with Gasteiger partial charge in [0.2, 0.25) is 0 Å². The minimum absolute atomic E-state index is 0.133. The molecular formula is C17H22ClN3O2.